The lowest BCUT2D eigenvalue weighted by atomic mass is 10.00. The molecule has 0 bridgehead atoms. The molecule has 2 heterocycles. The molecule has 2 rings (SSSR count). The van der Waals surface area contributed by atoms with Crippen LogP contribution in [-0.4, -0.2) is 85.6 Å². The van der Waals surface area contributed by atoms with Crippen molar-refractivity contribution in [3.63, 3.8) is 0 Å². The predicted molar refractivity (Wildman–Crippen MR) is 134 cm³/mol. The maximum Gasteiger partial charge on any atom is 0.394 e. The van der Waals surface area contributed by atoms with Crippen molar-refractivity contribution in [3.05, 3.63) is 47.8 Å². The molecule has 0 spiro atoms. The molecule has 0 amide bonds. The Morgan fingerprint density at radius 2 is 2.09 bits per heavy atom. The van der Waals surface area contributed by atoms with Gasteiger partial charge in [-0.3, -0.25) is 20.0 Å². The van der Waals surface area contributed by atoms with Gasteiger partial charge in [0, 0.05) is 49.3 Å². The fourth-order valence-electron chi connectivity index (χ4n) is 3.74. The molecule has 0 aromatic heterocycles. The highest BCUT2D eigenvalue weighted by atomic mass is 19.4. The number of nitrogens with one attached hydrogen (secondary N) is 1. The van der Waals surface area contributed by atoms with Crippen molar-refractivity contribution >= 4 is 31.7 Å². The SMILES string of the molecule is C=N/C=C\C(=N/C/C(=C/N=C)N1C=C(CC(F)(F)F)N=CC1)N1CC(C)OC(/C(C=N)=C/N)C1C. The smallest absolute Gasteiger partial charge is 0.394 e. The van der Waals surface area contributed by atoms with Gasteiger partial charge in [-0.15, -0.1) is 0 Å². The number of rotatable bonds is 9. The first-order chi connectivity index (χ1) is 16.6. The number of halogens is 3. The third-order valence-electron chi connectivity index (χ3n) is 5.31. The molecule has 2 aliphatic rings. The third kappa shape index (κ3) is 8.02. The van der Waals surface area contributed by atoms with Gasteiger partial charge >= 0.3 is 6.18 Å². The normalized spacial score (nSPS) is 24.5. The Balaban J connectivity index is 2.36. The zero-order valence-electron chi connectivity index (χ0n) is 19.8. The van der Waals surface area contributed by atoms with Crippen LogP contribution in [0.3, 0.4) is 0 Å². The number of nitrogens with two attached hydrogens (primary N) is 1. The van der Waals surface area contributed by atoms with E-state index in [9.17, 15) is 13.2 Å². The Morgan fingerprint density at radius 1 is 1.34 bits per heavy atom. The molecule has 35 heavy (non-hydrogen) atoms. The van der Waals surface area contributed by atoms with Gasteiger partial charge in [0.2, 0.25) is 0 Å². The largest absolute Gasteiger partial charge is 0.404 e. The third-order valence-corrected chi connectivity index (χ3v) is 5.31. The Morgan fingerprint density at radius 3 is 2.69 bits per heavy atom. The monoisotopic (exact) mass is 492 g/mol. The van der Waals surface area contributed by atoms with E-state index in [1.165, 1.54) is 31.0 Å². The summed E-state index contributed by atoms with van der Waals surface area (Å²) in [6.45, 7) is 11.7. The van der Waals surface area contributed by atoms with Crippen molar-refractivity contribution in [1.82, 2.24) is 9.80 Å². The van der Waals surface area contributed by atoms with E-state index in [2.05, 4.69) is 28.4 Å². The van der Waals surface area contributed by atoms with Crippen molar-refractivity contribution in [1.29, 1.82) is 5.41 Å². The molecule has 0 saturated carbocycles. The van der Waals surface area contributed by atoms with Crippen LogP contribution in [0.4, 0.5) is 13.2 Å². The van der Waals surface area contributed by atoms with Crippen LogP contribution in [0.1, 0.15) is 20.3 Å². The second kappa shape index (κ2) is 12.8. The molecule has 3 N–H and O–H groups in total. The average molecular weight is 493 g/mol. The molecule has 3 atom stereocenters. The van der Waals surface area contributed by atoms with Crippen LogP contribution in [0.2, 0.25) is 0 Å². The van der Waals surface area contributed by atoms with Crippen molar-refractivity contribution in [3.8, 4) is 0 Å². The number of hydrogen-bond donors (Lipinski definition) is 2. The number of aliphatic imine (C=N–C) groups is 4. The predicted octanol–water partition coefficient (Wildman–Crippen LogP) is 3.29. The minimum absolute atomic E-state index is 0.104. The van der Waals surface area contributed by atoms with Gasteiger partial charge in [-0.1, -0.05) is 0 Å². The number of ether oxygens (including phenoxy) is 1. The first-order valence-electron chi connectivity index (χ1n) is 10.9. The zero-order valence-corrected chi connectivity index (χ0v) is 19.8. The van der Waals surface area contributed by atoms with Crippen LogP contribution in [-0.2, 0) is 4.74 Å². The van der Waals surface area contributed by atoms with E-state index < -0.39 is 18.7 Å². The van der Waals surface area contributed by atoms with Gasteiger partial charge < -0.3 is 25.7 Å². The summed E-state index contributed by atoms with van der Waals surface area (Å²) in [5.41, 5.74) is 6.66. The van der Waals surface area contributed by atoms with Crippen molar-refractivity contribution < 1.29 is 17.9 Å². The fourth-order valence-corrected chi connectivity index (χ4v) is 3.74. The Labute approximate surface area is 203 Å². The van der Waals surface area contributed by atoms with E-state index in [-0.39, 0.29) is 30.9 Å². The summed E-state index contributed by atoms with van der Waals surface area (Å²) in [6.07, 6.45) is 3.78. The summed E-state index contributed by atoms with van der Waals surface area (Å²) < 4.78 is 44.5. The molecule has 3 unspecified atom stereocenters. The summed E-state index contributed by atoms with van der Waals surface area (Å²) in [5.74, 6) is 0.562. The standard InChI is InChI=1S/C23H31F3N8O/c1-16-14-34(17(2)22(35-16)18(10-27)11-28)21(5-6-29-3)32-13-20(12-30-4)33-8-7-31-19(15-33)9-23(24,25)26/h5-7,10-12,15-17,22,27H,3-4,8-9,13-14,28H2,1-2H3/b6-5-,18-11+,20-12-,27-10?,32-21+. The Bertz CT molecular complexity index is 964. The first kappa shape index (κ1) is 27.7. The van der Waals surface area contributed by atoms with E-state index in [0.717, 1.165) is 6.21 Å². The zero-order chi connectivity index (χ0) is 26.0. The molecule has 190 valence electrons. The van der Waals surface area contributed by atoms with E-state index in [0.29, 0.717) is 23.7 Å². The van der Waals surface area contributed by atoms with Gasteiger partial charge in [0.15, 0.2) is 0 Å². The lowest BCUT2D eigenvalue weighted by molar-refractivity contribution is -0.127. The van der Waals surface area contributed by atoms with Crippen LogP contribution in [0, 0.1) is 5.41 Å². The molecular weight excluding hydrogens is 461 g/mol. The van der Waals surface area contributed by atoms with E-state index >= 15 is 0 Å². The molecule has 2 aliphatic heterocycles. The van der Waals surface area contributed by atoms with Gasteiger partial charge in [0.05, 0.1) is 43.1 Å². The highest BCUT2D eigenvalue weighted by Crippen LogP contribution is 2.27. The summed E-state index contributed by atoms with van der Waals surface area (Å²) >= 11 is 0. The maximum absolute atomic E-state index is 12.8. The van der Waals surface area contributed by atoms with E-state index in [1.807, 2.05) is 18.7 Å². The minimum Gasteiger partial charge on any atom is -0.404 e. The molecule has 1 fully saturated rings. The molecule has 0 aromatic rings. The van der Waals surface area contributed by atoms with Crippen LogP contribution >= 0.6 is 0 Å². The number of amidine groups is 1. The van der Waals surface area contributed by atoms with Crippen LogP contribution in [0.15, 0.2) is 67.8 Å². The fraction of sp³-hybridized carbons (Fsp3) is 0.435. The van der Waals surface area contributed by atoms with Crippen molar-refractivity contribution in [2.24, 2.45) is 25.7 Å². The Hall–Kier alpha value is -3.54. The number of morpholine rings is 1. The number of alkyl halides is 3. The van der Waals surface area contributed by atoms with Gasteiger partial charge in [0.1, 0.15) is 11.9 Å². The topological polar surface area (TPSA) is 115 Å². The summed E-state index contributed by atoms with van der Waals surface area (Å²) in [7, 11) is 0. The lowest BCUT2D eigenvalue weighted by Crippen LogP contribution is -2.55. The molecule has 9 nitrogen and oxygen atoms in total. The van der Waals surface area contributed by atoms with Crippen molar-refractivity contribution in [2.75, 3.05) is 19.6 Å². The number of allylic oxidation sites excluding steroid dienone is 1. The molecule has 0 aliphatic carbocycles. The lowest BCUT2D eigenvalue weighted by Gasteiger charge is -2.43. The van der Waals surface area contributed by atoms with Crippen LogP contribution in [0.5, 0.6) is 0 Å². The van der Waals surface area contributed by atoms with E-state index in [1.54, 1.807) is 11.0 Å². The van der Waals surface area contributed by atoms with Gasteiger partial charge in [-0.05, 0) is 33.4 Å². The van der Waals surface area contributed by atoms with E-state index in [4.69, 9.17) is 20.9 Å². The molecule has 1 saturated heterocycles. The summed E-state index contributed by atoms with van der Waals surface area (Å²) in [5, 5.41) is 7.65. The van der Waals surface area contributed by atoms with Gasteiger partial charge in [0.25, 0.3) is 0 Å². The summed E-state index contributed by atoms with van der Waals surface area (Å²) in [4.78, 5) is 19.8. The second-order valence-corrected chi connectivity index (χ2v) is 7.92. The second-order valence-electron chi connectivity index (χ2n) is 7.92. The molecule has 0 radical (unpaired) electrons. The van der Waals surface area contributed by atoms with Crippen LogP contribution in [0.25, 0.3) is 0 Å². The first-order valence-corrected chi connectivity index (χ1v) is 10.9. The highest BCUT2D eigenvalue weighted by Gasteiger charge is 2.35. The molecule has 0 aromatic carbocycles. The average Bonchev–Trinajstić information content (AvgIpc) is 2.80. The summed E-state index contributed by atoms with van der Waals surface area (Å²) in [6, 6.07) is -0.221. The van der Waals surface area contributed by atoms with Gasteiger partial charge in [-0.2, -0.15) is 13.2 Å². The maximum atomic E-state index is 12.8. The minimum atomic E-state index is -4.37. The van der Waals surface area contributed by atoms with Gasteiger partial charge in [-0.25, -0.2) is 0 Å². The van der Waals surface area contributed by atoms with Crippen LogP contribution < -0.4 is 5.73 Å². The van der Waals surface area contributed by atoms with Crippen molar-refractivity contribution in [2.45, 2.75) is 44.7 Å². The quantitative estimate of drug-likeness (QED) is 0.380. The molecule has 12 heteroatoms. The molecular formula is C23H31F3N8O. The highest BCUT2D eigenvalue weighted by molar-refractivity contribution is 5.93. The Kier molecular flexibility index (Phi) is 10.1. The number of nitrogens with zero attached hydrogens (tertiary/aromatic N) is 6. The number of hydrogen-bond acceptors (Lipinski definition) is 8.